The summed E-state index contributed by atoms with van der Waals surface area (Å²) in [5, 5.41) is 4.17. The molecule has 34 heavy (non-hydrogen) atoms. The molecular weight excluding hydrogens is 431 g/mol. The van der Waals surface area contributed by atoms with E-state index in [0.717, 1.165) is 27.6 Å². The van der Waals surface area contributed by atoms with Crippen LogP contribution in [-0.4, -0.2) is 19.9 Å². The van der Waals surface area contributed by atoms with Gasteiger partial charge < -0.3 is 15.5 Å². The molecule has 7 nitrogen and oxygen atoms in total. The molecule has 2 aromatic carbocycles. The summed E-state index contributed by atoms with van der Waals surface area (Å²) in [4.78, 5) is 17.2. The number of halogens is 1. The summed E-state index contributed by atoms with van der Waals surface area (Å²) < 4.78 is 19.9. The van der Waals surface area contributed by atoms with E-state index in [0.29, 0.717) is 22.9 Å². The summed E-state index contributed by atoms with van der Waals surface area (Å²) in [7, 11) is 0. The van der Waals surface area contributed by atoms with Crippen LogP contribution in [0.5, 0.6) is 0 Å². The Kier molecular flexibility index (Phi) is 5.41. The quantitative estimate of drug-likeness (QED) is 0.343. The Morgan fingerprint density at radius 1 is 0.971 bits per heavy atom. The van der Waals surface area contributed by atoms with Crippen LogP contribution in [0.3, 0.4) is 0 Å². The smallest absolute Gasteiger partial charge is 0.219 e. The fourth-order valence-electron chi connectivity index (χ4n) is 3.93. The fourth-order valence-corrected chi connectivity index (χ4v) is 3.93. The maximum atomic E-state index is 14.6. The predicted octanol–water partition coefficient (Wildman–Crippen LogP) is 5.86. The maximum Gasteiger partial charge on any atom is 0.219 e. The molecule has 5 aromatic rings. The number of benzene rings is 2. The summed E-state index contributed by atoms with van der Waals surface area (Å²) >= 11 is 0. The molecule has 3 N–H and O–H groups in total. The topological polar surface area (TPSA) is 103 Å². The van der Waals surface area contributed by atoms with Gasteiger partial charge in [0.1, 0.15) is 11.6 Å². The van der Waals surface area contributed by atoms with Crippen LogP contribution in [0.25, 0.3) is 33.4 Å². The van der Waals surface area contributed by atoms with Gasteiger partial charge in [-0.05, 0) is 55.7 Å². The number of hydrogen-bond acceptors (Lipinski definition) is 7. The Hall–Kier alpha value is -4.33. The Bertz CT molecular complexity index is 1500. The maximum absolute atomic E-state index is 14.6. The molecule has 0 bridgehead atoms. The van der Waals surface area contributed by atoms with E-state index in [1.165, 1.54) is 6.07 Å². The highest BCUT2D eigenvalue weighted by atomic mass is 19.1. The van der Waals surface area contributed by atoms with E-state index in [2.05, 4.69) is 38.2 Å². The molecule has 0 spiro atoms. The van der Waals surface area contributed by atoms with Crippen LogP contribution >= 0.6 is 0 Å². The van der Waals surface area contributed by atoms with Crippen LogP contribution in [0.4, 0.5) is 16.2 Å². The van der Waals surface area contributed by atoms with Gasteiger partial charge in [0.2, 0.25) is 5.95 Å². The summed E-state index contributed by atoms with van der Waals surface area (Å²) in [5.41, 5.74) is 11.0. The molecule has 0 saturated carbocycles. The molecule has 0 fully saturated rings. The van der Waals surface area contributed by atoms with Crippen LogP contribution in [0.1, 0.15) is 29.9 Å². The number of nitrogens with one attached hydrogen (secondary N) is 1. The average molecular weight is 455 g/mol. The molecule has 0 amide bonds. The molecular formula is C26H23FN6O. The van der Waals surface area contributed by atoms with Gasteiger partial charge in [-0.3, -0.25) is 0 Å². The van der Waals surface area contributed by atoms with Gasteiger partial charge in [0, 0.05) is 41.0 Å². The van der Waals surface area contributed by atoms with Crippen molar-refractivity contribution in [2.45, 2.75) is 26.8 Å². The van der Waals surface area contributed by atoms with Crippen molar-refractivity contribution in [1.82, 2.24) is 19.9 Å². The fraction of sp³-hybridized carbons (Fsp3) is 0.154. The van der Waals surface area contributed by atoms with Crippen LogP contribution in [0.2, 0.25) is 0 Å². The standard InChI is InChI=1S/C26H23FN6O/c1-14-13-34-25-21(14)8-19(9-22(25)27)23-10-24(33-16(3)32-23)31-15(2)17-5-4-6-18(7-17)20-11-29-26(28)30-12-20/h4-13,15H,1-3H3,(H2,28,29,30)(H,31,32,33). The normalized spacial score (nSPS) is 12.1. The molecule has 0 radical (unpaired) electrons. The first kappa shape index (κ1) is 21.5. The first-order valence-electron chi connectivity index (χ1n) is 10.8. The van der Waals surface area contributed by atoms with Gasteiger partial charge in [0.15, 0.2) is 11.4 Å². The van der Waals surface area contributed by atoms with Crippen LogP contribution in [-0.2, 0) is 0 Å². The lowest BCUT2D eigenvalue weighted by molar-refractivity contribution is 0.559. The minimum Gasteiger partial charge on any atom is -0.461 e. The predicted molar refractivity (Wildman–Crippen MR) is 131 cm³/mol. The number of nitrogen functional groups attached to an aromatic ring is 1. The highest BCUT2D eigenvalue weighted by molar-refractivity contribution is 5.86. The summed E-state index contributed by atoms with van der Waals surface area (Å²) in [6, 6.07) is 13.2. The van der Waals surface area contributed by atoms with Crippen LogP contribution in [0, 0.1) is 19.7 Å². The highest BCUT2D eigenvalue weighted by Crippen LogP contribution is 2.31. The van der Waals surface area contributed by atoms with Crippen molar-refractivity contribution in [2.75, 3.05) is 11.1 Å². The molecule has 8 heteroatoms. The Labute approximate surface area is 195 Å². The third-order valence-corrected chi connectivity index (χ3v) is 5.71. The van der Waals surface area contributed by atoms with E-state index in [4.69, 9.17) is 10.2 Å². The zero-order valence-corrected chi connectivity index (χ0v) is 19.0. The molecule has 3 aromatic heterocycles. The van der Waals surface area contributed by atoms with Crippen molar-refractivity contribution >= 4 is 22.7 Å². The third-order valence-electron chi connectivity index (χ3n) is 5.71. The van der Waals surface area contributed by atoms with Crippen molar-refractivity contribution in [3.63, 3.8) is 0 Å². The van der Waals surface area contributed by atoms with Gasteiger partial charge in [0.05, 0.1) is 12.0 Å². The molecule has 0 aliphatic rings. The number of aryl methyl sites for hydroxylation is 2. The van der Waals surface area contributed by atoms with Crippen molar-refractivity contribution in [3.8, 4) is 22.4 Å². The van der Waals surface area contributed by atoms with Crippen molar-refractivity contribution < 1.29 is 8.81 Å². The van der Waals surface area contributed by atoms with E-state index in [9.17, 15) is 4.39 Å². The number of rotatable bonds is 5. The summed E-state index contributed by atoms with van der Waals surface area (Å²) in [5.74, 6) is 1.07. The number of fused-ring (bicyclic) bond motifs is 1. The number of nitrogens with zero attached hydrogens (tertiary/aromatic N) is 4. The lowest BCUT2D eigenvalue weighted by atomic mass is 10.0. The Morgan fingerprint density at radius 2 is 1.76 bits per heavy atom. The van der Waals surface area contributed by atoms with E-state index in [-0.39, 0.29) is 17.6 Å². The van der Waals surface area contributed by atoms with E-state index >= 15 is 0 Å². The average Bonchev–Trinajstić information content (AvgIpc) is 3.20. The summed E-state index contributed by atoms with van der Waals surface area (Å²) in [6.45, 7) is 5.76. The van der Waals surface area contributed by atoms with Gasteiger partial charge >= 0.3 is 0 Å². The minimum atomic E-state index is -0.414. The Balaban J connectivity index is 1.44. The zero-order chi connectivity index (χ0) is 23.8. The second-order valence-corrected chi connectivity index (χ2v) is 8.26. The molecule has 0 saturated heterocycles. The zero-order valence-electron chi connectivity index (χ0n) is 19.0. The second kappa shape index (κ2) is 8.55. The molecule has 1 atom stereocenters. The van der Waals surface area contributed by atoms with Crippen LogP contribution in [0.15, 0.2) is 65.5 Å². The van der Waals surface area contributed by atoms with Crippen LogP contribution < -0.4 is 11.1 Å². The van der Waals surface area contributed by atoms with E-state index in [1.807, 2.05) is 44.2 Å². The first-order valence-corrected chi connectivity index (χ1v) is 10.8. The molecule has 170 valence electrons. The number of furan rings is 1. The van der Waals surface area contributed by atoms with Gasteiger partial charge in [0.25, 0.3) is 0 Å². The van der Waals surface area contributed by atoms with Crippen molar-refractivity contribution in [1.29, 1.82) is 0 Å². The minimum absolute atomic E-state index is 0.0489. The third kappa shape index (κ3) is 4.17. The molecule has 5 rings (SSSR count). The van der Waals surface area contributed by atoms with Gasteiger partial charge in [-0.15, -0.1) is 0 Å². The lowest BCUT2D eigenvalue weighted by Crippen LogP contribution is -2.09. The largest absolute Gasteiger partial charge is 0.461 e. The van der Waals surface area contributed by atoms with Gasteiger partial charge in [-0.1, -0.05) is 18.2 Å². The molecule has 0 aliphatic heterocycles. The number of nitrogens with two attached hydrogens (primary N) is 1. The summed E-state index contributed by atoms with van der Waals surface area (Å²) in [6.07, 6.45) is 4.97. The molecule has 1 unspecified atom stereocenters. The second-order valence-electron chi connectivity index (χ2n) is 8.26. The highest BCUT2D eigenvalue weighted by Gasteiger charge is 2.14. The van der Waals surface area contributed by atoms with Gasteiger partial charge in [-0.2, -0.15) is 0 Å². The van der Waals surface area contributed by atoms with Crippen molar-refractivity contribution in [3.05, 3.63) is 83.9 Å². The van der Waals surface area contributed by atoms with E-state index < -0.39 is 5.82 Å². The SMILES string of the molecule is Cc1nc(NC(C)c2cccc(-c3cnc(N)nc3)c2)cc(-c2cc(F)c3occ(C)c3c2)n1. The first-order chi connectivity index (χ1) is 16.4. The molecule has 0 aliphatic carbocycles. The number of aromatic nitrogens is 4. The van der Waals surface area contributed by atoms with Gasteiger partial charge in [-0.25, -0.2) is 24.3 Å². The van der Waals surface area contributed by atoms with Crippen molar-refractivity contribution in [2.24, 2.45) is 0 Å². The van der Waals surface area contributed by atoms with E-state index in [1.54, 1.807) is 18.7 Å². The monoisotopic (exact) mass is 454 g/mol. The lowest BCUT2D eigenvalue weighted by Gasteiger charge is -2.17. The Morgan fingerprint density at radius 3 is 2.56 bits per heavy atom. The number of hydrogen-bond donors (Lipinski definition) is 2. The number of anilines is 2. The molecule has 3 heterocycles.